The SMILES string of the molecule is C#CCCN1CCN(c2ccc3nnc(C)n3n2)CC1. The molecule has 6 heteroatoms. The van der Waals surface area contributed by atoms with E-state index in [1.165, 1.54) is 0 Å². The Hall–Kier alpha value is -2.13. The Bertz CT molecular complexity index is 633. The molecule has 2 aromatic heterocycles. The molecule has 0 saturated carbocycles. The van der Waals surface area contributed by atoms with Gasteiger partial charge in [-0.05, 0) is 19.1 Å². The lowest BCUT2D eigenvalue weighted by Gasteiger charge is -2.34. The largest absolute Gasteiger partial charge is 0.353 e. The quantitative estimate of drug-likeness (QED) is 0.764. The maximum atomic E-state index is 5.31. The van der Waals surface area contributed by atoms with Crippen LogP contribution >= 0.6 is 0 Å². The number of anilines is 1. The second kappa shape index (κ2) is 5.47. The number of aryl methyl sites for hydroxylation is 1. The summed E-state index contributed by atoms with van der Waals surface area (Å²) >= 11 is 0. The molecule has 104 valence electrons. The molecule has 3 rings (SSSR count). The Balaban J connectivity index is 1.70. The average Bonchev–Trinajstić information content (AvgIpc) is 2.87. The van der Waals surface area contributed by atoms with Gasteiger partial charge in [-0.1, -0.05) is 0 Å². The zero-order valence-electron chi connectivity index (χ0n) is 11.7. The van der Waals surface area contributed by atoms with Gasteiger partial charge >= 0.3 is 0 Å². The van der Waals surface area contributed by atoms with Crippen molar-refractivity contribution in [2.45, 2.75) is 13.3 Å². The second-order valence-electron chi connectivity index (χ2n) is 4.99. The molecular formula is C14H18N6. The van der Waals surface area contributed by atoms with Crippen molar-refractivity contribution in [1.29, 1.82) is 0 Å². The molecule has 0 atom stereocenters. The predicted octanol–water partition coefficient (Wildman–Crippen LogP) is 0.578. The summed E-state index contributed by atoms with van der Waals surface area (Å²) < 4.78 is 1.79. The number of piperazine rings is 1. The minimum Gasteiger partial charge on any atom is -0.353 e. The van der Waals surface area contributed by atoms with E-state index in [2.05, 4.69) is 31.0 Å². The van der Waals surface area contributed by atoms with E-state index >= 15 is 0 Å². The first-order valence-electron chi connectivity index (χ1n) is 6.88. The lowest BCUT2D eigenvalue weighted by Crippen LogP contribution is -2.47. The third-order valence-corrected chi connectivity index (χ3v) is 3.67. The fourth-order valence-corrected chi connectivity index (χ4v) is 2.48. The molecule has 0 bridgehead atoms. The lowest BCUT2D eigenvalue weighted by atomic mass is 10.3. The van der Waals surface area contributed by atoms with Gasteiger partial charge in [-0.3, -0.25) is 4.90 Å². The third kappa shape index (κ3) is 2.45. The molecule has 1 fully saturated rings. The Labute approximate surface area is 118 Å². The summed E-state index contributed by atoms with van der Waals surface area (Å²) in [5.41, 5.74) is 0.791. The van der Waals surface area contributed by atoms with Crippen LogP contribution in [-0.4, -0.2) is 57.4 Å². The molecule has 1 saturated heterocycles. The molecule has 0 spiro atoms. The molecule has 20 heavy (non-hydrogen) atoms. The van der Waals surface area contributed by atoms with Crippen molar-refractivity contribution in [2.75, 3.05) is 37.6 Å². The molecule has 0 radical (unpaired) electrons. The maximum absolute atomic E-state index is 5.31. The monoisotopic (exact) mass is 270 g/mol. The van der Waals surface area contributed by atoms with Crippen molar-refractivity contribution >= 4 is 11.5 Å². The van der Waals surface area contributed by atoms with Crippen molar-refractivity contribution in [3.05, 3.63) is 18.0 Å². The van der Waals surface area contributed by atoms with Crippen LogP contribution in [0.2, 0.25) is 0 Å². The van der Waals surface area contributed by atoms with E-state index in [0.717, 1.165) is 56.4 Å². The van der Waals surface area contributed by atoms with Crippen LogP contribution in [0.3, 0.4) is 0 Å². The third-order valence-electron chi connectivity index (χ3n) is 3.67. The van der Waals surface area contributed by atoms with Crippen molar-refractivity contribution in [2.24, 2.45) is 0 Å². The molecule has 1 aliphatic heterocycles. The van der Waals surface area contributed by atoms with Crippen molar-refractivity contribution < 1.29 is 0 Å². The molecule has 2 aromatic rings. The first-order valence-corrected chi connectivity index (χ1v) is 6.88. The fraction of sp³-hybridized carbons (Fsp3) is 0.500. The summed E-state index contributed by atoms with van der Waals surface area (Å²) in [4.78, 5) is 4.70. The van der Waals surface area contributed by atoms with E-state index in [-0.39, 0.29) is 0 Å². The van der Waals surface area contributed by atoms with Crippen LogP contribution in [0.1, 0.15) is 12.2 Å². The van der Waals surface area contributed by atoms with Gasteiger partial charge in [0.25, 0.3) is 0 Å². The highest BCUT2D eigenvalue weighted by Gasteiger charge is 2.18. The predicted molar refractivity (Wildman–Crippen MR) is 77.6 cm³/mol. The molecule has 3 heterocycles. The molecule has 0 amide bonds. The minimum atomic E-state index is 0.791. The van der Waals surface area contributed by atoms with Crippen LogP contribution in [0.15, 0.2) is 12.1 Å². The maximum Gasteiger partial charge on any atom is 0.178 e. The van der Waals surface area contributed by atoms with E-state index in [1.54, 1.807) is 4.52 Å². The summed E-state index contributed by atoms with van der Waals surface area (Å²) in [6, 6.07) is 3.98. The summed E-state index contributed by atoms with van der Waals surface area (Å²) in [7, 11) is 0. The van der Waals surface area contributed by atoms with Gasteiger partial charge in [-0.2, -0.15) is 4.52 Å². The number of fused-ring (bicyclic) bond motifs is 1. The molecule has 0 aromatic carbocycles. The molecule has 0 aliphatic carbocycles. The first kappa shape index (κ1) is 12.9. The van der Waals surface area contributed by atoms with Gasteiger partial charge in [0.2, 0.25) is 0 Å². The molecule has 0 N–H and O–H groups in total. The van der Waals surface area contributed by atoms with Crippen molar-refractivity contribution in [3.8, 4) is 12.3 Å². The number of terminal acetylenes is 1. The van der Waals surface area contributed by atoms with Crippen LogP contribution in [0.5, 0.6) is 0 Å². The van der Waals surface area contributed by atoms with Gasteiger partial charge in [0, 0.05) is 39.1 Å². The van der Waals surface area contributed by atoms with Crippen LogP contribution in [0, 0.1) is 19.3 Å². The standard InChI is InChI=1S/C14H18N6/c1-3-4-7-18-8-10-19(11-9-18)14-6-5-13-16-15-12(2)20(13)17-14/h1,5-6H,4,7-11H2,2H3. The zero-order chi connectivity index (χ0) is 13.9. The van der Waals surface area contributed by atoms with Gasteiger partial charge < -0.3 is 4.90 Å². The van der Waals surface area contributed by atoms with E-state index in [9.17, 15) is 0 Å². The van der Waals surface area contributed by atoms with Gasteiger partial charge in [-0.25, -0.2) is 0 Å². The van der Waals surface area contributed by atoms with Gasteiger partial charge in [0.05, 0.1) is 0 Å². The summed E-state index contributed by atoms with van der Waals surface area (Å²) in [6.07, 6.45) is 6.13. The van der Waals surface area contributed by atoms with Gasteiger partial charge in [0.1, 0.15) is 5.82 Å². The molecule has 1 aliphatic rings. The highest BCUT2D eigenvalue weighted by molar-refractivity contribution is 5.46. The highest BCUT2D eigenvalue weighted by Crippen LogP contribution is 2.14. The number of hydrogen-bond donors (Lipinski definition) is 0. The first-order chi connectivity index (χ1) is 9.78. The molecule has 6 nitrogen and oxygen atoms in total. The Morgan fingerprint density at radius 2 is 2.00 bits per heavy atom. The van der Waals surface area contributed by atoms with Crippen LogP contribution < -0.4 is 4.90 Å². The number of hydrogen-bond acceptors (Lipinski definition) is 5. The average molecular weight is 270 g/mol. The molecule has 0 unspecified atom stereocenters. The van der Waals surface area contributed by atoms with E-state index in [4.69, 9.17) is 6.42 Å². The van der Waals surface area contributed by atoms with Crippen LogP contribution in [0.25, 0.3) is 5.65 Å². The van der Waals surface area contributed by atoms with Gasteiger partial charge in [0.15, 0.2) is 11.5 Å². The highest BCUT2D eigenvalue weighted by atomic mass is 15.4. The number of aromatic nitrogens is 4. The van der Waals surface area contributed by atoms with E-state index in [1.807, 2.05) is 19.1 Å². The number of nitrogens with zero attached hydrogens (tertiary/aromatic N) is 6. The normalized spacial score (nSPS) is 16.5. The topological polar surface area (TPSA) is 49.6 Å². The van der Waals surface area contributed by atoms with E-state index in [0.29, 0.717) is 0 Å². The molecular weight excluding hydrogens is 252 g/mol. The fourth-order valence-electron chi connectivity index (χ4n) is 2.48. The van der Waals surface area contributed by atoms with Crippen molar-refractivity contribution in [3.63, 3.8) is 0 Å². The summed E-state index contributed by atoms with van der Waals surface area (Å²) in [5.74, 6) is 4.49. The van der Waals surface area contributed by atoms with E-state index < -0.39 is 0 Å². The lowest BCUT2D eigenvalue weighted by molar-refractivity contribution is 0.263. The second-order valence-corrected chi connectivity index (χ2v) is 4.99. The summed E-state index contributed by atoms with van der Waals surface area (Å²) in [5, 5.41) is 12.7. The summed E-state index contributed by atoms with van der Waals surface area (Å²) in [6.45, 7) is 6.91. The Morgan fingerprint density at radius 1 is 1.20 bits per heavy atom. The minimum absolute atomic E-state index is 0.791. The van der Waals surface area contributed by atoms with Crippen molar-refractivity contribution in [1.82, 2.24) is 24.7 Å². The Morgan fingerprint density at radius 3 is 2.75 bits per heavy atom. The Kier molecular flexibility index (Phi) is 3.52. The smallest absolute Gasteiger partial charge is 0.178 e. The number of rotatable bonds is 3. The van der Waals surface area contributed by atoms with Crippen LogP contribution in [0.4, 0.5) is 5.82 Å². The van der Waals surface area contributed by atoms with Gasteiger partial charge in [-0.15, -0.1) is 27.6 Å². The zero-order valence-corrected chi connectivity index (χ0v) is 11.7. The van der Waals surface area contributed by atoms with Crippen LogP contribution in [-0.2, 0) is 0 Å².